The van der Waals surface area contributed by atoms with Crippen LogP contribution in [-0.4, -0.2) is 21.3 Å². The highest BCUT2D eigenvalue weighted by atomic mass is 16.3. The first-order chi connectivity index (χ1) is 7.24. The number of furan rings is 1. The summed E-state index contributed by atoms with van der Waals surface area (Å²) in [6, 6.07) is 3.76. The molecule has 0 unspecified atom stereocenters. The summed E-state index contributed by atoms with van der Waals surface area (Å²) >= 11 is 0. The summed E-state index contributed by atoms with van der Waals surface area (Å²) in [7, 11) is 1.93. The van der Waals surface area contributed by atoms with Crippen molar-refractivity contribution in [2.45, 2.75) is 13.3 Å². The number of aromatic nitrogens is 2. The molecule has 0 aliphatic carbocycles. The molecule has 0 amide bonds. The summed E-state index contributed by atoms with van der Waals surface area (Å²) in [5, 5.41) is 8.90. The van der Waals surface area contributed by atoms with Gasteiger partial charge in [0.1, 0.15) is 11.5 Å². The van der Waals surface area contributed by atoms with Crippen LogP contribution in [-0.2, 0) is 13.5 Å². The molecule has 2 aromatic rings. The molecular formula is C11H14N2O2. The Morgan fingerprint density at radius 3 is 2.93 bits per heavy atom. The second-order valence-corrected chi connectivity index (χ2v) is 3.47. The summed E-state index contributed by atoms with van der Waals surface area (Å²) in [6.45, 7) is 2.06. The fraction of sp³-hybridized carbons (Fsp3) is 0.364. The van der Waals surface area contributed by atoms with Crippen LogP contribution in [0, 0.1) is 6.92 Å². The van der Waals surface area contributed by atoms with Crippen LogP contribution < -0.4 is 0 Å². The average Bonchev–Trinajstić information content (AvgIpc) is 2.77. The average molecular weight is 206 g/mol. The molecule has 0 atom stereocenters. The van der Waals surface area contributed by atoms with E-state index in [2.05, 4.69) is 4.98 Å². The van der Waals surface area contributed by atoms with Crippen LogP contribution in [0.1, 0.15) is 11.5 Å². The summed E-state index contributed by atoms with van der Waals surface area (Å²) in [5.74, 6) is 1.69. The van der Waals surface area contributed by atoms with Crippen molar-refractivity contribution < 1.29 is 9.52 Å². The molecule has 0 aliphatic rings. The van der Waals surface area contributed by atoms with Crippen molar-refractivity contribution in [3.63, 3.8) is 0 Å². The molecule has 4 heteroatoms. The fourth-order valence-corrected chi connectivity index (χ4v) is 1.77. The van der Waals surface area contributed by atoms with Gasteiger partial charge in [0, 0.05) is 13.5 Å². The van der Waals surface area contributed by atoms with Gasteiger partial charge in [0.2, 0.25) is 0 Å². The third-order valence-corrected chi connectivity index (χ3v) is 2.45. The van der Waals surface area contributed by atoms with Crippen molar-refractivity contribution in [2.75, 3.05) is 6.61 Å². The van der Waals surface area contributed by atoms with Crippen molar-refractivity contribution in [3.8, 4) is 11.5 Å². The van der Waals surface area contributed by atoms with Gasteiger partial charge in [-0.15, -0.1) is 0 Å². The number of hydrogen-bond acceptors (Lipinski definition) is 3. The molecule has 0 bridgehead atoms. The molecule has 4 nitrogen and oxygen atoms in total. The van der Waals surface area contributed by atoms with Gasteiger partial charge >= 0.3 is 0 Å². The van der Waals surface area contributed by atoms with E-state index in [9.17, 15) is 0 Å². The monoisotopic (exact) mass is 206 g/mol. The Kier molecular flexibility index (Phi) is 2.60. The molecule has 0 fully saturated rings. The summed E-state index contributed by atoms with van der Waals surface area (Å²) in [5.41, 5.74) is 1.90. The largest absolute Gasteiger partial charge is 0.463 e. The van der Waals surface area contributed by atoms with Crippen LogP contribution in [0.15, 0.2) is 22.8 Å². The molecular weight excluding hydrogens is 192 g/mol. The topological polar surface area (TPSA) is 51.2 Å². The van der Waals surface area contributed by atoms with Crippen LogP contribution in [0.3, 0.4) is 0 Å². The van der Waals surface area contributed by atoms with Crippen molar-refractivity contribution in [2.24, 2.45) is 7.05 Å². The van der Waals surface area contributed by atoms with Gasteiger partial charge in [0.25, 0.3) is 0 Å². The molecule has 2 aromatic heterocycles. The Bertz CT molecular complexity index is 443. The standard InChI is InChI=1S/C11H14N2O2/c1-8-11(9-4-3-7-15-9)13(2)10(12-8)5-6-14/h3-4,7,14H,5-6H2,1-2H3. The Labute approximate surface area is 88.2 Å². The SMILES string of the molecule is Cc1nc(CCO)n(C)c1-c1ccco1. The zero-order valence-electron chi connectivity index (χ0n) is 8.90. The number of imidazole rings is 1. The Morgan fingerprint density at radius 1 is 1.53 bits per heavy atom. The molecule has 0 saturated heterocycles. The maximum atomic E-state index is 8.90. The minimum Gasteiger partial charge on any atom is -0.463 e. The van der Waals surface area contributed by atoms with E-state index >= 15 is 0 Å². The highest BCUT2D eigenvalue weighted by Crippen LogP contribution is 2.24. The van der Waals surface area contributed by atoms with Gasteiger partial charge in [-0.1, -0.05) is 0 Å². The van der Waals surface area contributed by atoms with Gasteiger partial charge in [-0.2, -0.15) is 0 Å². The van der Waals surface area contributed by atoms with E-state index in [0.29, 0.717) is 6.42 Å². The van der Waals surface area contributed by atoms with E-state index in [1.54, 1.807) is 6.26 Å². The van der Waals surface area contributed by atoms with Gasteiger partial charge in [0.05, 0.1) is 18.6 Å². The van der Waals surface area contributed by atoms with E-state index in [1.807, 2.05) is 30.7 Å². The molecule has 0 saturated carbocycles. The highest BCUT2D eigenvalue weighted by Gasteiger charge is 2.14. The molecule has 2 rings (SSSR count). The normalized spacial score (nSPS) is 10.9. The van der Waals surface area contributed by atoms with Gasteiger partial charge in [-0.25, -0.2) is 4.98 Å². The minimum absolute atomic E-state index is 0.113. The Balaban J connectivity index is 2.48. The molecule has 0 aromatic carbocycles. The first-order valence-electron chi connectivity index (χ1n) is 4.91. The third-order valence-electron chi connectivity index (χ3n) is 2.45. The summed E-state index contributed by atoms with van der Waals surface area (Å²) in [4.78, 5) is 4.40. The van der Waals surface area contributed by atoms with Crippen molar-refractivity contribution in [1.82, 2.24) is 9.55 Å². The van der Waals surface area contributed by atoms with Gasteiger partial charge < -0.3 is 14.1 Å². The zero-order chi connectivity index (χ0) is 10.8. The van der Waals surface area contributed by atoms with E-state index in [0.717, 1.165) is 23.0 Å². The van der Waals surface area contributed by atoms with Crippen LogP contribution in [0.4, 0.5) is 0 Å². The van der Waals surface area contributed by atoms with E-state index in [-0.39, 0.29) is 6.61 Å². The van der Waals surface area contributed by atoms with E-state index in [1.165, 1.54) is 0 Å². The Hall–Kier alpha value is -1.55. The number of rotatable bonds is 3. The minimum atomic E-state index is 0.113. The molecule has 0 spiro atoms. The van der Waals surface area contributed by atoms with Crippen LogP contribution >= 0.6 is 0 Å². The number of aliphatic hydroxyl groups is 1. The summed E-state index contributed by atoms with van der Waals surface area (Å²) in [6.07, 6.45) is 2.21. The van der Waals surface area contributed by atoms with E-state index in [4.69, 9.17) is 9.52 Å². The molecule has 80 valence electrons. The summed E-state index contributed by atoms with van der Waals surface area (Å²) < 4.78 is 7.31. The predicted molar refractivity (Wildman–Crippen MR) is 56.4 cm³/mol. The van der Waals surface area contributed by atoms with Crippen molar-refractivity contribution in [3.05, 3.63) is 29.9 Å². The Morgan fingerprint density at radius 2 is 2.33 bits per heavy atom. The second kappa shape index (κ2) is 3.90. The van der Waals surface area contributed by atoms with Gasteiger partial charge in [0.15, 0.2) is 5.76 Å². The fourth-order valence-electron chi connectivity index (χ4n) is 1.77. The van der Waals surface area contributed by atoms with Gasteiger partial charge in [-0.3, -0.25) is 0 Å². The maximum Gasteiger partial charge on any atom is 0.152 e. The third kappa shape index (κ3) is 1.68. The molecule has 1 N–H and O–H groups in total. The lowest BCUT2D eigenvalue weighted by molar-refractivity contribution is 0.295. The molecule has 15 heavy (non-hydrogen) atoms. The first kappa shape index (κ1) is 9.98. The lowest BCUT2D eigenvalue weighted by atomic mass is 10.3. The van der Waals surface area contributed by atoms with Crippen LogP contribution in [0.25, 0.3) is 11.5 Å². The number of aliphatic hydroxyl groups excluding tert-OH is 1. The van der Waals surface area contributed by atoms with Crippen LogP contribution in [0.5, 0.6) is 0 Å². The van der Waals surface area contributed by atoms with Crippen molar-refractivity contribution >= 4 is 0 Å². The predicted octanol–water partition coefficient (Wildman–Crippen LogP) is 1.52. The second-order valence-electron chi connectivity index (χ2n) is 3.47. The van der Waals surface area contributed by atoms with E-state index < -0.39 is 0 Å². The molecule has 2 heterocycles. The number of hydrogen-bond donors (Lipinski definition) is 1. The quantitative estimate of drug-likeness (QED) is 0.828. The first-order valence-corrected chi connectivity index (χ1v) is 4.91. The lowest BCUT2D eigenvalue weighted by Gasteiger charge is -2.02. The smallest absolute Gasteiger partial charge is 0.152 e. The number of aryl methyl sites for hydroxylation is 1. The van der Waals surface area contributed by atoms with Crippen LogP contribution in [0.2, 0.25) is 0 Å². The van der Waals surface area contributed by atoms with Gasteiger partial charge in [-0.05, 0) is 19.1 Å². The highest BCUT2D eigenvalue weighted by molar-refractivity contribution is 5.56. The zero-order valence-corrected chi connectivity index (χ0v) is 8.90. The maximum absolute atomic E-state index is 8.90. The number of nitrogens with zero attached hydrogens (tertiary/aromatic N) is 2. The molecule has 0 aliphatic heterocycles. The lowest BCUT2D eigenvalue weighted by Crippen LogP contribution is -2.01. The van der Waals surface area contributed by atoms with Crippen molar-refractivity contribution in [1.29, 1.82) is 0 Å². The molecule has 0 radical (unpaired) electrons.